The van der Waals surface area contributed by atoms with Gasteiger partial charge in [0.15, 0.2) is 5.78 Å². The van der Waals surface area contributed by atoms with Crippen molar-refractivity contribution in [2.45, 2.75) is 6.92 Å². The molecule has 0 atom stereocenters. The third kappa shape index (κ3) is 2.98. The molecule has 20 heavy (non-hydrogen) atoms. The van der Waals surface area contributed by atoms with Crippen molar-refractivity contribution in [1.82, 2.24) is 0 Å². The molecule has 0 bridgehead atoms. The van der Waals surface area contributed by atoms with E-state index in [1.54, 1.807) is 18.2 Å². The minimum atomic E-state index is -0.414. The number of phenols is 3. The van der Waals surface area contributed by atoms with Crippen LogP contribution in [0.5, 0.6) is 17.2 Å². The summed E-state index contributed by atoms with van der Waals surface area (Å²) in [4.78, 5) is 11.9. The van der Waals surface area contributed by atoms with Crippen molar-refractivity contribution >= 4 is 11.9 Å². The number of carbonyl (C=O) groups excluding carboxylic acids is 1. The van der Waals surface area contributed by atoms with E-state index in [4.69, 9.17) is 0 Å². The van der Waals surface area contributed by atoms with Crippen LogP contribution in [0.25, 0.3) is 6.08 Å². The molecule has 4 nitrogen and oxygen atoms in total. The Hall–Kier alpha value is -2.75. The molecule has 0 aliphatic rings. The van der Waals surface area contributed by atoms with Gasteiger partial charge in [0.2, 0.25) is 0 Å². The van der Waals surface area contributed by atoms with E-state index in [2.05, 4.69) is 0 Å². The van der Waals surface area contributed by atoms with Crippen LogP contribution >= 0.6 is 0 Å². The highest BCUT2D eigenvalue weighted by molar-refractivity contribution is 6.08. The fourth-order valence-corrected chi connectivity index (χ4v) is 1.79. The van der Waals surface area contributed by atoms with Gasteiger partial charge in [-0.25, -0.2) is 0 Å². The number of ketones is 1. The Balaban J connectivity index is 2.27. The Morgan fingerprint density at radius 3 is 2.45 bits per heavy atom. The minimum absolute atomic E-state index is 0.0783. The summed E-state index contributed by atoms with van der Waals surface area (Å²) in [7, 11) is 0. The summed E-state index contributed by atoms with van der Waals surface area (Å²) in [5.74, 6) is -0.731. The van der Waals surface area contributed by atoms with Crippen LogP contribution in [-0.4, -0.2) is 21.1 Å². The van der Waals surface area contributed by atoms with Crippen LogP contribution in [-0.2, 0) is 0 Å². The van der Waals surface area contributed by atoms with Gasteiger partial charge in [0, 0.05) is 11.6 Å². The Kier molecular flexibility index (Phi) is 3.75. The summed E-state index contributed by atoms with van der Waals surface area (Å²) in [6.45, 7) is 1.88. The molecule has 0 radical (unpaired) electrons. The van der Waals surface area contributed by atoms with E-state index in [0.29, 0.717) is 5.56 Å². The highest BCUT2D eigenvalue weighted by atomic mass is 16.3. The maximum Gasteiger partial charge on any atom is 0.189 e. The van der Waals surface area contributed by atoms with Crippen molar-refractivity contribution in [3.8, 4) is 17.2 Å². The van der Waals surface area contributed by atoms with Gasteiger partial charge in [-0.2, -0.15) is 0 Å². The van der Waals surface area contributed by atoms with E-state index < -0.39 is 5.78 Å². The number of carbonyl (C=O) groups is 1. The molecule has 4 heteroatoms. The maximum absolute atomic E-state index is 11.9. The first-order chi connectivity index (χ1) is 9.47. The molecule has 2 rings (SSSR count). The monoisotopic (exact) mass is 270 g/mol. The van der Waals surface area contributed by atoms with Crippen LogP contribution in [0.15, 0.2) is 42.5 Å². The number of aromatic hydroxyl groups is 3. The molecule has 0 saturated carbocycles. The lowest BCUT2D eigenvalue weighted by Gasteiger charge is -2.02. The van der Waals surface area contributed by atoms with Crippen molar-refractivity contribution in [1.29, 1.82) is 0 Å². The molecule has 0 saturated heterocycles. The van der Waals surface area contributed by atoms with Gasteiger partial charge in [0.05, 0.1) is 5.56 Å². The first kappa shape index (κ1) is 13.7. The number of hydrogen-bond acceptors (Lipinski definition) is 4. The number of benzene rings is 2. The van der Waals surface area contributed by atoms with Crippen molar-refractivity contribution in [2.75, 3.05) is 0 Å². The predicted octanol–water partition coefficient (Wildman–Crippen LogP) is 3.01. The zero-order valence-electron chi connectivity index (χ0n) is 10.9. The third-order valence-corrected chi connectivity index (χ3v) is 2.84. The van der Waals surface area contributed by atoms with Gasteiger partial charge in [-0.1, -0.05) is 11.6 Å². The zero-order valence-corrected chi connectivity index (χ0v) is 10.9. The molecular weight excluding hydrogens is 256 g/mol. The molecule has 0 aromatic heterocycles. The second kappa shape index (κ2) is 5.48. The number of aryl methyl sites for hydroxylation is 1. The molecule has 0 fully saturated rings. The Bertz CT molecular complexity index is 687. The van der Waals surface area contributed by atoms with Gasteiger partial charge in [-0.15, -0.1) is 0 Å². The molecule has 0 aliphatic heterocycles. The molecule has 2 aromatic rings. The molecule has 102 valence electrons. The van der Waals surface area contributed by atoms with Crippen molar-refractivity contribution in [2.24, 2.45) is 0 Å². The van der Waals surface area contributed by atoms with Gasteiger partial charge in [0.1, 0.15) is 17.2 Å². The van der Waals surface area contributed by atoms with Gasteiger partial charge in [-0.05, 0) is 43.3 Å². The SMILES string of the molecule is Cc1ccc(O)c(/C=C/C(=O)c2ccc(O)cc2O)c1. The molecule has 0 spiro atoms. The van der Waals surface area contributed by atoms with E-state index in [1.165, 1.54) is 24.3 Å². The highest BCUT2D eigenvalue weighted by Gasteiger charge is 2.09. The summed E-state index contributed by atoms with van der Waals surface area (Å²) in [5.41, 5.74) is 1.57. The van der Waals surface area contributed by atoms with E-state index in [0.717, 1.165) is 11.6 Å². The summed E-state index contributed by atoms with van der Waals surface area (Å²) in [6, 6.07) is 8.83. The van der Waals surface area contributed by atoms with Crippen LogP contribution < -0.4 is 0 Å². The highest BCUT2D eigenvalue weighted by Crippen LogP contribution is 2.24. The second-order valence-electron chi connectivity index (χ2n) is 4.46. The van der Waals surface area contributed by atoms with Crippen LogP contribution in [0.4, 0.5) is 0 Å². The van der Waals surface area contributed by atoms with Crippen LogP contribution in [0.3, 0.4) is 0 Å². The molecular formula is C16H14O4. The lowest BCUT2D eigenvalue weighted by atomic mass is 10.1. The molecule has 0 unspecified atom stereocenters. The smallest absolute Gasteiger partial charge is 0.189 e. The Labute approximate surface area is 116 Å². The van der Waals surface area contributed by atoms with Gasteiger partial charge in [-0.3, -0.25) is 4.79 Å². The van der Waals surface area contributed by atoms with Crippen molar-refractivity contribution in [3.05, 3.63) is 59.2 Å². The molecule has 0 aliphatic carbocycles. The van der Waals surface area contributed by atoms with Gasteiger partial charge >= 0.3 is 0 Å². The number of hydrogen-bond donors (Lipinski definition) is 3. The maximum atomic E-state index is 11.9. The summed E-state index contributed by atoms with van der Waals surface area (Å²) in [5, 5.41) is 28.4. The summed E-state index contributed by atoms with van der Waals surface area (Å²) < 4.78 is 0. The van der Waals surface area contributed by atoms with E-state index in [9.17, 15) is 20.1 Å². The number of phenolic OH excluding ortho intramolecular Hbond substituents is 3. The minimum Gasteiger partial charge on any atom is -0.508 e. The topological polar surface area (TPSA) is 77.8 Å². The lowest BCUT2D eigenvalue weighted by Crippen LogP contribution is -1.94. The van der Waals surface area contributed by atoms with E-state index in [1.807, 2.05) is 6.92 Å². The Morgan fingerprint density at radius 1 is 1.00 bits per heavy atom. The van der Waals surface area contributed by atoms with E-state index in [-0.39, 0.29) is 22.8 Å². The number of allylic oxidation sites excluding steroid dienone is 1. The van der Waals surface area contributed by atoms with Gasteiger partial charge < -0.3 is 15.3 Å². The standard InChI is InChI=1S/C16H14O4/c1-10-2-6-14(18)11(8-10)3-7-15(19)13-5-4-12(17)9-16(13)20/h2-9,17-18,20H,1H3/b7-3+. The average molecular weight is 270 g/mol. The second-order valence-corrected chi connectivity index (χ2v) is 4.46. The molecule has 3 N–H and O–H groups in total. The van der Waals surface area contributed by atoms with E-state index >= 15 is 0 Å². The lowest BCUT2D eigenvalue weighted by molar-refractivity contribution is 0.104. The zero-order chi connectivity index (χ0) is 14.7. The quantitative estimate of drug-likeness (QED) is 0.592. The third-order valence-electron chi connectivity index (χ3n) is 2.84. The molecule has 0 heterocycles. The molecule has 0 amide bonds. The summed E-state index contributed by atoms with van der Waals surface area (Å²) >= 11 is 0. The fourth-order valence-electron chi connectivity index (χ4n) is 1.79. The first-order valence-corrected chi connectivity index (χ1v) is 6.01. The van der Waals surface area contributed by atoms with Gasteiger partial charge in [0.25, 0.3) is 0 Å². The van der Waals surface area contributed by atoms with Crippen LogP contribution in [0.2, 0.25) is 0 Å². The van der Waals surface area contributed by atoms with Crippen LogP contribution in [0, 0.1) is 6.92 Å². The average Bonchev–Trinajstić information content (AvgIpc) is 2.39. The fraction of sp³-hybridized carbons (Fsp3) is 0.0625. The number of rotatable bonds is 3. The largest absolute Gasteiger partial charge is 0.508 e. The van der Waals surface area contributed by atoms with Crippen molar-refractivity contribution < 1.29 is 20.1 Å². The van der Waals surface area contributed by atoms with Crippen molar-refractivity contribution in [3.63, 3.8) is 0 Å². The normalized spacial score (nSPS) is 10.8. The summed E-state index contributed by atoms with van der Waals surface area (Å²) in [6.07, 6.45) is 2.75. The Morgan fingerprint density at radius 2 is 1.75 bits per heavy atom. The first-order valence-electron chi connectivity index (χ1n) is 6.01. The predicted molar refractivity (Wildman–Crippen MR) is 76.0 cm³/mol. The van der Waals surface area contributed by atoms with Crippen LogP contribution in [0.1, 0.15) is 21.5 Å². The molecule has 2 aromatic carbocycles.